The lowest BCUT2D eigenvalue weighted by Gasteiger charge is -1.54. The first kappa shape index (κ1) is 9.55. The Labute approximate surface area is 85.5 Å². The van der Waals surface area contributed by atoms with Crippen LogP contribution in [-0.2, 0) is 0 Å². The van der Waals surface area contributed by atoms with E-state index in [4.69, 9.17) is 0 Å². The van der Waals surface area contributed by atoms with Gasteiger partial charge in [0.2, 0.25) is 0 Å². The lowest BCUT2D eigenvalue weighted by Crippen LogP contribution is -1.39. The van der Waals surface area contributed by atoms with Crippen molar-refractivity contribution >= 4 is 0 Å². The Morgan fingerprint density at radius 2 is 0.643 bits per heavy atom. The summed E-state index contributed by atoms with van der Waals surface area (Å²) < 4.78 is 0. The van der Waals surface area contributed by atoms with Crippen LogP contribution in [0.25, 0.3) is 0 Å². The Morgan fingerprint density at radius 3 is 1.00 bits per heavy atom. The summed E-state index contributed by atoms with van der Waals surface area (Å²) >= 11 is 0. The molecule has 0 atom stereocenters. The van der Waals surface area contributed by atoms with Crippen molar-refractivity contribution < 1.29 is 0 Å². The van der Waals surface area contributed by atoms with Crippen molar-refractivity contribution in [3.05, 3.63) is 84.9 Å². The monoisotopic (exact) mass is 174 g/mol. The SMILES string of the molecule is c1c#cccc#cccc#cccc#1. The van der Waals surface area contributed by atoms with Gasteiger partial charge in [-0.15, -0.1) is 0 Å². The van der Waals surface area contributed by atoms with Crippen LogP contribution in [0.4, 0.5) is 0 Å². The Morgan fingerprint density at radius 1 is 0.357 bits per heavy atom. The molecule has 0 aliphatic heterocycles. The molecule has 1 aromatic rings. The van der Waals surface area contributed by atoms with Gasteiger partial charge in [-0.05, 0) is 48.5 Å². The number of hydrogen-bond donors (Lipinski definition) is 0. The molecule has 1 aromatic carbocycles. The summed E-state index contributed by atoms with van der Waals surface area (Å²) in [6, 6.07) is 32.0. The van der Waals surface area contributed by atoms with E-state index in [1.807, 2.05) is 0 Å². The predicted molar refractivity (Wildman–Crippen MR) is 52.4 cm³/mol. The highest BCUT2D eigenvalue weighted by molar-refractivity contribution is 4.82. The van der Waals surface area contributed by atoms with Crippen molar-refractivity contribution in [1.82, 2.24) is 0 Å². The molecule has 0 aromatic heterocycles. The third kappa shape index (κ3) is 5.16. The molecule has 62 valence electrons. The second-order valence-electron chi connectivity index (χ2n) is 2.12. The molecule has 0 aliphatic rings. The van der Waals surface area contributed by atoms with Gasteiger partial charge in [-0.3, -0.25) is 0 Å². The summed E-state index contributed by atoms with van der Waals surface area (Å²) in [6.07, 6.45) is 0. The van der Waals surface area contributed by atoms with Gasteiger partial charge >= 0.3 is 0 Å². The van der Waals surface area contributed by atoms with Gasteiger partial charge in [-0.1, -0.05) is 36.4 Å². The Kier molecular flexibility index (Phi) is 4.86. The second kappa shape index (κ2) is 7.13. The highest BCUT2D eigenvalue weighted by atomic mass is 13.5. The summed E-state index contributed by atoms with van der Waals surface area (Å²) in [4.78, 5) is 0. The van der Waals surface area contributed by atoms with E-state index in [1.54, 1.807) is 36.4 Å². The summed E-state index contributed by atoms with van der Waals surface area (Å²) in [7, 11) is 0. The number of hydrogen-bond acceptors (Lipinski definition) is 0. The van der Waals surface area contributed by atoms with E-state index in [2.05, 4.69) is 48.5 Å². The molecule has 0 bridgehead atoms. The third-order valence-corrected chi connectivity index (χ3v) is 1.12. The van der Waals surface area contributed by atoms with Gasteiger partial charge in [0.1, 0.15) is 0 Å². The van der Waals surface area contributed by atoms with Crippen LogP contribution in [0.15, 0.2) is 36.4 Å². The Bertz CT molecular complexity index is 213. The van der Waals surface area contributed by atoms with E-state index in [0.29, 0.717) is 0 Å². The molecule has 0 amide bonds. The van der Waals surface area contributed by atoms with Crippen LogP contribution in [0.1, 0.15) is 0 Å². The highest BCUT2D eigenvalue weighted by Gasteiger charge is 1.49. The van der Waals surface area contributed by atoms with Gasteiger partial charge in [-0.2, -0.15) is 0 Å². The first-order valence-electron chi connectivity index (χ1n) is 3.98. The van der Waals surface area contributed by atoms with Crippen LogP contribution in [0, 0.1) is 48.5 Å². The fraction of sp³-hybridized carbons (Fsp3) is 0. The molecule has 0 N–H and O–H groups in total. The molecule has 0 saturated heterocycles. The van der Waals surface area contributed by atoms with E-state index in [0.717, 1.165) is 0 Å². The minimum atomic E-state index is 1.66. The first-order valence-corrected chi connectivity index (χ1v) is 3.98. The fourth-order valence-electron chi connectivity index (χ4n) is 0.598. The van der Waals surface area contributed by atoms with Crippen LogP contribution in [0.3, 0.4) is 0 Å². The molecular weight excluding hydrogens is 168 g/mol. The molecule has 0 nitrogen and oxygen atoms in total. The maximum Gasteiger partial charge on any atom is -0.00248 e. The number of rotatable bonds is 0. The van der Waals surface area contributed by atoms with Crippen molar-refractivity contribution in [2.24, 2.45) is 0 Å². The zero-order valence-corrected chi connectivity index (χ0v) is 7.46. The van der Waals surface area contributed by atoms with Gasteiger partial charge in [-0.25, -0.2) is 0 Å². The minimum absolute atomic E-state index is 1.66. The normalized spacial score (nSPS) is 5.71. The molecule has 1 rings (SSSR count). The maximum absolute atomic E-state index is 2.79. The molecule has 14 heavy (non-hydrogen) atoms. The quantitative estimate of drug-likeness (QED) is 0.566. The Balaban J connectivity index is 3.00. The smallest absolute Gasteiger partial charge is 0.00248 e. The molecule has 0 heterocycles. The first-order chi connectivity index (χ1) is 7.00. The fourth-order valence-corrected chi connectivity index (χ4v) is 0.598. The van der Waals surface area contributed by atoms with E-state index in [9.17, 15) is 0 Å². The minimum Gasteiger partial charge on any atom is -0.0696 e. The maximum atomic E-state index is 2.79. The highest BCUT2D eigenvalue weighted by Crippen LogP contribution is 1.64. The lowest BCUT2D eigenvalue weighted by molar-refractivity contribution is 1.79. The van der Waals surface area contributed by atoms with Crippen molar-refractivity contribution in [3.63, 3.8) is 0 Å². The summed E-state index contributed by atoms with van der Waals surface area (Å²) in [5, 5.41) is 0. The molecular formula is C14H6. The molecule has 0 saturated carbocycles. The van der Waals surface area contributed by atoms with Crippen molar-refractivity contribution in [1.29, 1.82) is 0 Å². The van der Waals surface area contributed by atoms with E-state index < -0.39 is 0 Å². The zero-order chi connectivity index (χ0) is 9.90. The molecule has 0 fully saturated rings. The van der Waals surface area contributed by atoms with E-state index in [-0.39, 0.29) is 0 Å². The van der Waals surface area contributed by atoms with E-state index >= 15 is 0 Å². The summed E-state index contributed by atoms with van der Waals surface area (Å²) in [5.74, 6) is 0. The van der Waals surface area contributed by atoms with Crippen LogP contribution in [0.2, 0.25) is 0 Å². The molecule has 0 unspecified atom stereocenters. The van der Waals surface area contributed by atoms with Gasteiger partial charge in [0.25, 0.3) is 0 Å². The second-order valence-corrected chi connectivity index (χ2v) is 2.12. The zero-order valence-electron chi connectivity index (χ0n) is 7.46. The Hall–Kier alpha value is -2.54. The topological polar surface area (TPSA) is 0 Å². The van der Waals surface area contributed by atoms with Crippen molar-refractivity contribution in [2.45, 2.75) is 0 Å². The van der Waals surface area contributed by atoms with Crippen LogP contribution in [0.5, 0.6) is 0 Å². The van der Waals surface area contributed by atoms with Gasteiger partial charge in [0.15, 0.2) is 0 Å². The predicted octanol–water partition coefficient (Wildman–Crippen LogP) is 2.34. The third-order valence-electron chi connectivity index (χ3n) is 1.12. The van der Waals surface area contributed by atoms with Crippen molar-refractivity contribution in [2.75, 3.05) is 0 Å². The summed E-state index contributed by atoms with van der Waals surface area (Å²) in [5.41, 5.74) is 0. The molecule has 0 radical (unpaired) electrons. The van der Waals surface area contributed by atoms with Crippen molar-refractivity contribution in [3.8, 4) is 0 Å². The van der Waals surface area contributed by atoms with Gasteiger partial charge in [0.05, 0.1) is 0 Å². The average molecular weight is 174 g/mol. The van der Waals surface area contributed by atoms with Crippen LogP contribution >= 0.6 is 0 Å². The van der Waals surface area contributed by atoms with Gasteiger partial charge < -0.3 is 0 Å². The standard InChI is InChI=1S/C14H6/c1-2-4-6-8-10-12-14-13-11-9-7-5-3-1/h1-2,7-10H. The molecule has 0 heteroatoms. The van der Waals surface area contributed by atoms with Gasteiger partial charge in [0, 0.05) is 0 Å². The summed E-state index contributed by atoms with van der Waals surface area (Å²) in [6.45, 7) is 0. The molecule has 0 aliphatic carbocycles. The average Bonchev–Trinajstić information content (AvgIpc) is 2.22. The van der Waals surface area contributed by atoms with Crippen LogP contribution < -0.4 is 0 Å². The van der Waals surface area contributed by atoms with E-state index in [1.165, 1.54) is 0 Å². The van der Waals surface area contributed by atoms with Crippen LogP contribution in [-0.4, -0.2) is 0 Å². The largest absolute Gasteiger partial charge is 0.0696 e. The molecule has 0 spiro atoms. The lowest BCUT2D eigenvalue weighted by atomic mass is 10.5.